The molecule has 14 heavy (non-hydrogen) atoms. The maximum absolute atomic E-state index is 9.86. The molecule has 0 amide bonds. The summed E-state index contributed by atoms with van der Waals surface area (Å²) in [5, 5.41) is 9.86. The number of ether oxygens (including phenoxy) is 1. The van der Waals surface area contributed by atoms with Crippen molar-refractivity contribution in [2.45, 2.75) is 52.1 Å². The third-order valence-corrected chi connectivity index (χ3v) is 3.34. The molecular weight excluding hydrogens is 176 g/mol. The van der Waals surface area contributed by atoms with Crippen molar-refractivity contribution in [2.24, 2.45) is 11.8 Å². The Kier molecular flexibility index (Phi) is 5.49. The summed E-state index contributed by atoms with van der Waals surface area (Å²) in [6.45, 7) is 5.65. The quantitative estimate of drug-likeness (QED) is 0.668. The Morgan fingerprint density at radius 1 is 1.36 bits per heavy atom. The molecule has 1 aliphatic rings. The van der Waals surface area contributed by atoms with Gasteiger partial charge >= 0.3 is 0 Å². The maximum atomic E-state index is 9.86. The van der Waals surface area contributed by atoms with Crippen LogP contribution in [0.5, 0.6) is 0 Å². The van der Waals surface area contributed by atoms with Crippen LogP contribution in [0.4, 0.5) is 0 Å². The van der Waals surface area contributed by atoms with Gasteiger partial charge in [0.15, 0.2) is 0 Å². The highest BCUT2D eigenvalue weighted by Crippen LogP contribution is 2.34. The van der Waals surface area contributed by atoms with Gasteiger partial charge in [-0.25, -0.2) is 0 Å². The Balaban J connectivity index is 2.15. The molecule has 0 spiro atoms. The van der Waals surface area contributed by atoms with E-state index in [0.29, 0.717) is 12.5 Å². The predicted octanol–water partition coefficient (Wildman–Crippen LogP) is 2.60. The Bertz CT molecular complexity index is 147. The molecule has 2 heteroatoms. The molecule has 1 fully saturated rings. The van der Waals surface area contributed by atoms with E-state index in [9.17, 15) is 5.11 Å². The van der Waals surface area contributed by atoms with E-state index in [0.717, 1.165) is 18.9 Å². The zero-order chi connectivity index (χ0) is 10.4. The molecule has 0 saturated heterocycles. The highest BCUT2D eigenvalue weighted by molar-refractivity contribution is 4.79. The molecule has 2 nitrogen and oxygen atoms in total. The van der Waals surface area contributed by atoms with E-state index in [1.165, 1.54) is 25.7 Å². The zero-order valence-corrected chi connectivity index (χ0v) is 9.54. The zero-order valence-electron chi connectivity index (χ0n) is 9.54. The van der Waals surface area contributed by atoms with Crippen molar-refractivity contribution in [2.75, 3.05) is 13.2 Å². The first kappa shape index (κ1) is 12.0. The van der Waals surface area contributed by atoms with Crippen LogP contribution in [-0.4, -0.2) is 24.4 Å². The van der Waals surface area contributed by atoms with E-state index in [1.807, 2.05) is 0 Å². The van der Waals surface area contributed by atoms with Crippen LogP contribution in [0, 0.1) is 11.8 Å². The number of hydrogen-bond acceptors (Lipinski definition) is 2. The molecule has 84 valence electrons. The summed E-state index contributed by atoms with van der Waals surface area (Å²) >= 11 is 0. The van der Waals surface area contributed by atoms with Gasteiger partial charge in [-0.2, -0.15) is 0 Å². The molecule has 3 atom stereocenters. The third-order valence-electron chi connectivity index (χ3n) is 3.34. The molecular formula is C12H24O2. The molecule has 3 unspecified atom stereocenters. The molecule has 0 aromatic heterocycles. The Hall–Kier alpha value is -0.0800. The van der Waals surface area contributed by atoms with Gasteiger partial charge in [0.05, 0.1) is 12.7 Å². The number of rotatable bonds is 6. The summed E-state index contributed by atoms with van der Waals surface area (Å²) in [7, 11) is 0. The van der Waals surface area contributed by atoms with Crippen LogP contribution in [0.15, 0.2) is 0 Å². The molecule has 0 heterocycles. The standard InChI is InChI=1S/C12H24O2/c1-3-7-14-9-12(13)11-6-5-10(4-2)8-11/h10-13H,3-9H2,1-2H3. The van der Waals surface area contributed by atoms with E-state index >= 15 is 0 Å². The second-order valence-corrected chi connectivity index (χ2v) is 4.49. The smallest absolute Gasteiger partial charge is 0.0801 e. The summed E-state index contributed by atoms with van der Waals surface area (Å²) in [6, 6.07) is 0. The molecule has 0 radical (unpaired) electrons. The summed E-state index contributed by atoms with van der Waals surface area (Å²) in [5.74, 6) is 1.35. The second-order valence-electron chi connectivity index (χ2n) is 4.49. The average molecular weight is 200 g/mol. The van der Waals surface area contributed by atoms with Crippen LogP contribution in [-0.2, 0) is 4.74 Å². The SMILES string of the molecule is CCCOCC(O)C1CCC(CC)C1. The highest BCUT2D eigenvalue weighted by Gasteiger charge is 2.28. The van der Waals surface area contributed by atoms with Crippen molar-refractivity contribution < 1.29 is 9.84 Å². The van der Waals surface area contributed by atoms with Gasteiger partial charge < -0.3 is 9.84 Å². The van der Waals surface area contributed by atoms with E-state index < -0.39 is 0 Å². The Morgan fingerprint density at radius 2 is 2.14 bits per heavy atom. The normalized spacial score (nSPS) is 29.4. The lowest BCUT2D eigenvalue weighted by atomic mass is 9.98. The topological polar surface area (TPSA) is 29.5 Å². The minimum absolute atomic E-state index is 0.224. The fraction of sp³-hybridized carbons (Fsp3) is 1.00. The van der Waals surface area contributed by atoms with Gasteiger partial charge in [0.1, 0.15) is 0 Å². The molecule has 1 rings (SSSR count). The predicted molar refractivity (Wildman–Crippen MR) is 58.2 cm³/mol. The summed E-state index contributed by atoms with van der Waals surface area (Å²) in [4.78, 5) is 0. The van der Waals surface area contributed by atoms with E-state index in [1.54, 1.807) is 0 Å². The van der Waals surface area contributed by atoms with Gasteiger partial charge in [0, 0.05) is 6.61 Å². The Morgan fingerprint density at radius 3 is 2.71 bits per heavy atom. The van der Waals surface area contributed by atoms with Gasteiger partial charge in [-0.15, -0.1) is 0 Å². The van der Waals surface area contributed by atoms with Crippen LogP contribution in [0.3, 0.4) is 0 Å². The van der Waals surface area contributed by atoms with E-state index in [4.69, 9.17) is 4.74 Å². The van der Waals surface area contributed by atoms with E-state index in [2.05, 4.69) is 13.8 Å². The minimum atomic E-state index is -0.224. The largest absolute Gasteiger partial charge is 0.390 e. The van der Waals surface area contributed by atoms with Crippen LogP contribution < -0.4 is 0 Å². The van der Waals surface area contributed by atoms with Crippen molar-refractivity contribution >= 4 is 0 Å². The van der Waals surface area contributed by atoms with Gasteiger partial charge in [0.2, 0.25) is 0 Å². The van der Waals surface area contributed by atoms with Crippen molar-refractivity contribution in [1.82, 2.24) is 0 Å². The average Bonchev–Trinajstić information content (AvgIpc) is 2.66. The second kappa shape index (κ2) is 6.41. The number of aliphatic hydroxyl groups excluding tert-OH is 1. The third kappa shape index (κ3) is 3.58. The lowest BCUT2D eigenvalue weighted by molar-refractivity contribution is 0.00552. The minimum Gasteiger partial charge on any atom is -0.390 e. The van der Waals surface area contributed by atoms with Crippen LogP contribution >= 0.6 is 0 Å². The molecule has 1 N–H and O–H groups in total. The molecule has 0 bridgehead atoms. The summed E-state index contributed by atoms with van der Waals surface area (Å²) in [6.07, 6.45) is 5.76. The molecule has 0 aliphatic heterocycles. The first-order chi connectivity index (χ1) is 6.77. The van der Waals surface area contributed by atoms with Crippen LogP contribution in [0.25, 0.3) is 0 Å². The molecule has 1 aliphatic carbocycles. The maximum Gasteiger partial charge on any atom is 0.0801 e. The first-order valence-corrected chi connectivity index (χ1v) is 6.03. The van der Waals surface area contributed by atoms with Gasteiger partial charge in [-0.1, -0.05) is 26.7 Å². The van der Waals surface area contributed by atoms with Crippen molar-refractivity contribution in [3.8, 4) is 0 Å². The lowest BCUT2D eigenvalue weighted by Crippen LogP contribution is -2.24. The fourth-order valence-electron chi connectivity index (χ4n) is 2.32. The van der Waals surface area contributed by atoms with Gasteiger partial charge in [-0.3, -0.25) is 0 Å². The molecule has 0 aromatic rings. The monoisotopic (exact) mass is 200 g/mol. The Labute approximate surface area is 87.7 Å². The number of aliphatic hydroxyl groups is 1. The summed E-state index contributed by atoms with van der Waals surface area (Å²) in [5.41, 5.74) is 0. The van der Waals surface area contributed by atoms with Crippen LogP contribution in [0.2, 0.25) is 0 Å². The van der Waals surface area contributed by atoms with Crippen LogP contribution in [0.1, 0.15) is 46.0 Å². The van der Waals surface area contributed by atoms with Crippen molar-refractivity contribution in [1.29, 1.82) is 0 Å². The van der Waals surface area contributed by atoms with Gasteiger partial charge in [-0.05, 0) is 31.1 Å². The molecule has 1 saturated carbocycles. The van der Waals surface area contributed by atoms with Gasteiger partial charge in [0.25, 0.3) is 0 Å². The van der Waals surface area contributed by atoms with Crippen molar-refractivity contribution in [3.05, 3.63) is 0 Å². The van der Waals surface area contributed by atoms with Crippen molar-refractivity contribution in [3.63, 3.8) is 0 Å². The lowest BCUT2D eigenvalue weighted by Gasteiger charge is -2.18. The molecule has 0 aromatic carbocycles. The fourth-order valence-corrected chi connectivity index (χ4v) is 2.32. The highest BCUT2D eigenvalue weighted by atomic mass is 16.5. The summed E-state index contributed by atoms with van der Waals surface area (Å²) < 4.78 is 5.38. The first-order valence-electron chi connectivity index (χ1n) is 6.03. The number of hydrogen-bond donors (Lipinski definition) is 1. The van der Waals surface area contributed by atoms with E-state index in [-0.39, 0.29) is 6.10 Å².